The Hall–Kier alpha value is -1.75. The molecule has 1 saturated heterocycles. The standard InChI is InChI=1S/C16H25N3O2/c1-4-19-9-7-13(8-10-19)18(2)15-6-5-12(11-14(15)17)16(20)21-3/h5-6,11,13H,4,7-10,17H2,1-3H3. The van der Waals surface area contributed by atoms with Crippen molar-refractivity contribution in [2.45, 2.75) is 25.8 Å². The molecule has 1 aliphatic heterocycles. The Labute approximate surface area is 126 Å². The van der Waals surface area contributed by atoms with E-state index in [1.807, 2.05) is 6.07 Å². The van der Waals surface area contributed by atoms with Crippen molar-refractivity contribution in [3.63, 3.8) is 0 Å². The highest BCUT2D eigenvalue weighted by atomic mass is 16.5. The number of hydrogen-bond donors (Lipinski definition) is 1. The number of benzene rings is 1. The van der Waals surface area contributed by atoms with Crippen LogP contribution in [-0.4, -0.2) is 50.7 Å². The van der Waals surface area contributed by atoms with E-state index in [1.54, 1.807) is 12.1 Å². The Bertz CT molecular complexity index is 496. The van der Waals surface area contributed by atoms with Gasteiger partial charge in [0, 0.05) is 26.2 Å². The van der Waals surface area contributed by atoms with Crippen LogP contribution in [0.3, 0.4) is 0 Å². The van der Waals surface area contributed by atoms with Crippen LogP contribution in [0.4, 0.5) is 11.4 Å². The lowest BCUT2D eigenvalue weighted by molar-refractivity contribution is 0.0601. The number of carbonyl (C=O) groups excluding carboxylic acids is 1. The Morgan fingerprint density at radius 1 is 1.43 bits per heavy atom. The van der Waals surface area contributed by atoms with Crippen LogP contribution in [0.25, 0.3) is 0 Å². The normalized spacial score (nSPS) is 16.7. The number of nitrogens with zero attached hydrogens (tertiary/aromatic N) is 2. The van der Waals surface area contributed by atoms with Gasteiger partial charge in [-0.2, -0.15) is 0 Å². The number of rotatable bonds is 4. The van der Waals surface area contributed by atoms with Gasteiger partial charge >= 0.3 is 5.97 Å². The SMILES string of the molecule is CCN1CCC(N(C)c2ccc(C(=O)OC)cc2N)CC1. The summed E-state index contributed by atoms with van der Waals surface area (Å²) in [6.45, 7) is 5.58. The summed E-state index contributed by atoms with van der Waals surface area (Å²) < 4.78 is 4.72. The molecule has 21 heavy (non-hydrogen) atoms. The Balaban J connectivity index is 2.09. The minimum Gasteiger partial charge on any atom is -0.465 e. The fourth-order valence-corrected chi connectivity index (χ4v) is 2.94. The van der Waals surface area contributed by atoms with Crippen molar-refractivity contribution in [2.24, 2.45) is 0 Å². The van der Waals surface area contributed by atoms with E-state index in [2.05, 4.69) is 23.8 Å². The maximum absolute atomic E-state index is 11.5. The Kier molecular flexibility index (Phi) is 5.07. The molecule has 0 atom stereocenters. The number of likely N-dealkylation sites (tertiary alicyclic amines) is 1. The van der Waals surface area contributed by atoms with E-state index in [0.29, 0.717) is 17.3 Å². The lowest BCUT2D eigenvalue weighted by atomic mass is 10.0. The molecule has 116 valence electrons. The molecule has 0 amide bonds. The summed E-state index contributed by atoms with van der Waals surface area (Å²) in [5.74, 6) is -0.354. The van der Waals surface area contributed by atoms with E-state index in [-0.39, 0.29) is 5.97 Å². The zero-order chi connectivity index (χ0) is 15.4. The quantitative estimate of drug-likeness (QED) is 0.679. The van der Waals surface area contributed by atoms with E-state index in [9.17, 15) is 4.79 Å². The molecule has 1 heterocycles. The van der Waals surface area contributed by atoms with Crippen LogP contribution in [-0.2, 0) is 4.74 Å². The van der Waals surface area contributed by atoms with Crippen molar-refractivity contribution in [2.75, 3.05) is 44.4 Å². The number of hydrogen-bond acceptors (Lipinski definition) is 5. The van der Waals surface area contributed by atoms with Crippen LogP contribution in [0.1, 0.15) is 30.1 Å². The van der Waals surface area contributed by atoms with Crippen molar-refractivity contribution in [1.82, 2.24) is 4.90 Å². The molecular formula is C16H25N3O2. The second kappa shape index (κ2) is 6.80. The molecule has 0 radical (unpaired) electrons. The molecule has 0 unspecified atom stereocenters. The average Bonchev–Trinajstić information content (AvgIpc) is 2.53. The monoisotopic (exact) mass is 291 g/mol. The van der Waals surface area contributed by atoms with Crippen molar-refractivity contribution in [3.05, 3.63) is 23.8 Å². The molecule has 1 aromatic rings. The van der Waals surface area contributed by atoms with Gasteiger partial charge in [0.2, 0.25) is 0 Å². The minimum absolute atomic E-state index is 0.354. The summed E-state index contributed by atoms with van der Waals surface area (Å²) in [6, 6.07) is 5.88. The number of carbonyl (C=O) groups is 1. The fourth-order valence-electron chi connectivity index (χ4n) is 2.94. The van der Waals surface area contributed by atoms with Gasteiger partial charge in [0.05, 0.1) is 24.0 Å². The average molecular weight is 291 g/mol. The van der Waals surface area contributed by atoms with Gasteiger partial charge in [-0.15, -0.1) is 0 Å². The molecule has 1 aliphatic rings. The molecule has 0 spiro atoms. The number of nitrogen functional groups attached to an aromatic ring is 1. The van der Waals surface area contributed by atoms with Gasteiger partial charge in [0.15, 0.2) is 0 Å². The van der Waals surface area contributed by atoms with Crippen LogP contribution in [0.5, 0.6) is 0 Å². The molecule has 5 nitrogen and oxygen atoms in total. The maximum Gasteiger partial charge on any atom is 0.337 e. The zero-order valence-electron chi connectivity index (χ0n) is 13.1. The summed E-state index contributed by atoms with van der Waals surface area (Å²) in [7, 11) is 3.45. The lowest BCUT2D eigenvalue weighted by Gasteiger charge is -2.37. The highest BCUT2D eigenvalue weighted by molar-refractivity contribution is 5.91. The summed E-state index contributed by atoms with van der Waals surface area (Å²) in [6.07, 6.45) is 2.28. The predicted molar refractivity (Wildman–Crippen MR) is 85.7 cm³/mol. The summed E-state index contributed by atoms with van der Waals surface area (Å²) in [5, 5.41) is 0. The van der Waals surface area contributed by atoms with E-state index < -0.39 is 0 Å². The Morgan fingerprint density at radius 2 is 2.10 bits per heavy atom. The predicted octanol–water partition coefficient (Wildman–Crippen LogP) is 1.98. The molecule has 1 aromatic carbocycles. The molecule has 2 rings (SSSR count). The van der Waals surface area contributed by atoms with E-state index >= 15 is 0 Å². The number of methoxy groups -OCH3 is 1. The van der Waals surface area contributed by atoms with Gasteiger partial charge in [-0.05, 0) is 37.6 Å². The van der Waals surface area contributed by atoms with E-state index in [1.165, 1.54) is 7.11 Å². The van der Waals surface area contributed by atoms with Crippen molar-refractivity contribution in [3.8, 4) is 0 Å². The number of esters is 1. The first-order chi connectivity index (χ1) is 10.1. The first-order valence-electron chi connectivity index (χ1n) is 7.49. The molecule has 0 aromatic heterocycles. The van der Waals surface area contributed by atoms with Gasteiger partial charge in [0.1, 0.15) is 0 Å². The minimum atomic E-state index is -0.354. The summed E-state index contributed by atoms with van der Waals surface area (Å²) in [4.78, 5) is 16.2. The van der Waals surface area contributed by atoms with Crippen LogP contribution in [0.15, 0.2) is 18.2 Å². The number of ether oxygens (including phenoxy) is 1. The van der Waals surface area contributed by atoms with Gasteiger partial charge in [-0.25, -0.2) is 4.79 Å². The largest absolute Gasteiger partial charge is 0.465 e. The molecule has 0 bridgehead atoms. The van der Waals surface area contributed by atoms with Crippen LogP contribution in [0.2, 0.25) is 0 Å². The third kappa shape index (κ3) is 3.47. The zero-order valence-corrected chi connectivity index (χ0v) is 13.1. The van der Waals surface area contributed by atoms with Crippen molar-refractivity contribution in [1.29, 1.82) is 0 Å². The third-order valence-corrected chi connectivity index (χ3v) is 4.38. The molecule has 1 fully saturated rings. The maximum atomic E-state index is 11.5. The second-order valence-corrected chi connectivity index (χ2v) is 5.54. The fraction of sp³-hybridized carbons (Fsp3) is 0.562. The first kappa shape index (κ1) is 15.6. The number of nitrogens with two attached hydrogens (primary N) is 1. The number of anilines is 2. The number of piperidine rings is 1. The first-order valence-corrected chi connectivity index (χ1v) is 7.49. The summed E-state index contributed by atoms with van der Waals surface area (Å²) in [5.41, 5.74) is 8.22. The molecule has 5 heteroatoms. The van der Waals surface area contributed by atoms with Gasteiger partial charge in [-0.3, -0.25) is 0 Å². The van der Waals surface area contributed by atoms with E-state index in [4.69, 9.17) is 10.5 Å². The van der Waals surface area contributed by atoms with Crippen LogP contribution in [0, 0.1) is 0 Å². The summed E-state index contributed by atoms with van der Waals surface area (Å²) >= 11 is 0. The highest BCUT2D eigenvalue weighted by Crippen LogP contribution is 2.28. The van der Waals surface area contributed by atoms with Gasteiger partial charge in [-0.1, -0.05) is 6.92 Å². The van der Waals surface area contributed by atoms with Crippen LogP contribution < -0.4 is 10.6 Å². The lowest BCUT2D eigenvalue weighted by Crippen LogP contribution is -2.43. The molecule has 2 N–H and O–H groups in total. The molecule has 0 saturated carbocycles. The smallest absolute Gasteiger partial charge is 0.337 e. The van der Waals surface area contributed by atoms with Gasteiger partial charge < -0.3 is 20.3 Å². The molecular weight excluding hydrogens is 266 g/mol. The topological polar surface area (TPSA) is 58.8 Å². The van der Waals surface area contributed by atoms with E-state index in [0.717, 1.165) is 38.2 Å². The third-order valence-electron chi connectivity index (χ3n) is 4.38. The molecule has 0 aliphatic carbocycles. The second-order valence-electron chi connectivity index (χ2n) is 5.54. The van der Waals surface area contributed by atoms with Gasteiger partial charge in [0.25, 0.3) is 0 Å². The van der Waals surface area contributed by atoms with Crippen molar-refractivity contribution >= 4 is 17.3 Å². The highest BCUT2D eigenvalue weighted by Gasteiger charge is 2.23. The van der Waals surface area contributed by atoms with Crippen molar-refractivity contribution < 1.29 is 9.53 Å². The Morgan fingerprint density at radius 3 is 2.62 bits per heavy atom. The van der Waals surface area contributed by atoms with Crippen LogP contribution >= 0.6 is 0 Å².